The monoisotopic (exact) mass is 377 g/mol. The third-order valence-corrected chi connectivity index (χ3v) is 5.21. The molecule has 28 heavy (non-hydrogen) atoms. The van der Waals surface area contributed by atoms with Crippen LogP contribution in [-0.4, -0.2) is 22.3 Å². The van der Waals surface area contributed by atoms with E-state index in [1.54, 1.807) is 41.0 Å². The van der Waals surface area contributed by atoms with E-state index in [2.05, 4.69) is 10.3 Å². The van der Waals surface area contributed by atoms with Crippen LogP contribution in [-0.2, 0) is 13.0 Å². The van der Waals surface area contributed by atoms with Gasteiger partial charge in [0.25, 0.3) is 11.5 Å². The molecule has 0 saturated carbocycles. The number of benzene rings is 2. The second-order valence-corrected chi connectivity index (χ2v) is 7.05. The number of nitrogens with one attached hydrogen (secondary N) is 1. The Morgan fingerprint density at radius 2 is 1.93 bits per heavy atom. The van der Waals surface area contributed by atoms with Gasteiger partial charge in [-0.3, -0.25) is 14.2 Å². The van der Waals surface area contributed by atoms with Gasteiger partial charge in [-0.2, -0.15) is 0 Å². The van der Waals surface area contributed by atoms with Crippen LogP contribution in [0.25, 0.3) is 10.9 Å². The van der Waals surface area contributed by atoms with Crippen LogP contribution in [0.15, 0.2) is 41.2 Å². The number of rotatable bonds is 2. The first kappa shape index (κ1) is 16.8. The van der Waals surface area contributed by atoms with Crippen molar-refractivity contribution >= 4 is 22.5 Å². The van der Waals surface area contributed by atoms with Gasteiger partial charge in [0.2, 0.25) is 6.79 Å². The van der Waals surface area contributed by atoms with E-state index >= 15 is 0 Å². The van der Waals surface area contributed by atoms with Crippen molar-refractivity contribution in [2.75, 3.05) is 12.1 Å². The molecule has 3 heterocycles. The lowest BCUT2D eigenvalue weighted by Gasteiger charge is -2.11. The fraction of sp³-hybridized carbons (Fsp3) is 0.286. The van der Waals surface area contributed by atoms with Gasteiger partial charge in [-0.05, 0) is 43.2 Å². The minimum Gasteiger partial charge on any atom is -0.454 e. The third kappa shape index (κ3) is 2.89. The quantitative estimate of drug-likeness (QED) is 0.742. The molecule has 1 amide bonds. The first-order valence-electron chi connectivity index (χ1n) is 9.43. The summed E-state index contributed by atoms with van der Waals surface area (Å²) in [4.78, 5) is 30.2. The summed E-state index contributed by atoms with van der Waals surface area (Å²) in [5.74, 6) is 1.81. The van der Waals surface area contributed by atoms with Crippen molar-refractivity contribution in [3.05, 3.63) is 58.1 Å². The Bertz CT molecular complexity index is 1150. The predicted octanol–water partition coefficient (Wildman–Crippen LogP) is 3.10. The van der Waals surface area contributed by atoms with Crippen LogP contribution < -0.4 is 20.3 Å². The average molecular weight is 377 g/mol. The molecule has 0 aliphatic carbocycles. The van der Waals surface area contributed by atoms with E-state index in [-0.39, 0.29) is 18.3 Å². The Kier molecular flexibility index (Phi) is 4.00. The van der Waals surface area contributed by atoms with E-state index in [1.807, 2.05) is 0 Å². The minimum atomic E-state index is -0.266. The number of ether oxygens (including phenoxy) is 2. The van der Waals surface area contributed by atoms with Crippen molar-refractivity contribution in [2.45, 2.75) is 32.2 Å². The van der Waals surface area contributed by atoms with Gasteiger partial charge in [0.05, 0.1) is 10.9 Å². The lowest BCUT2D eigenvalue weighted by Crippen LogP contribution is -2.24. The molecule has 142 valence electrons. The number of amides is 1. The Balaban J connectivity index is 1.47. The summed E-state index contributed by atoms with van der Waals surface area (Å²) in [5.41, 5.74) is 1.61. The molecule has 0 saturated heterocycles. The summed E-state index contributed by atoms with van der Waals surface area (Å²) >= 11 is 0. The van der Waals surface area contributed by atoms with Gasteiger partial charge in [0.15, 0.2) is 11.5 Å². The van der Waals surface area contributed by atoms with E-state index in [1.165, 1.54) is 0 Å². The normalized spacial score (nSPS) is 15.1. The largest absolute Gasteiger partial charge is 0.454 e. The molecule has 7 nitrogen and oxygen atoms in total. The standard InChI is InChI=1S/C21H19N3O4/c25-20(22-14-6-8-17-18(11-14)28-12-27-17)13-5-7-15-16(10-13)23-19-4-2-1-3-9-24(19)21(15)26/h5-8,10-11H,1-4,9,12H2,(H,22,25). The summed E-state index contributed by atoms with van der Waals surface area (Å²) in [6, 6.07) is 10.3. The van der Waals surface area contributed by atoms with E-state index in [0.29, 0.717) is 40.2 Å². The molecule has 0 unspecified atom stereocenters. The smallest absolute Gasteiger partial charge is 0.261 e. The number of hydrogen-bond acceptors (Lipinski definition) is 5. The van der Waals surface area contributed by atoms with Gasteiger partial charge >= 0.3 is 0 Å². The van der Waals surface area contributed by atoms with Gasteiger partial charge in [-0.15, -0.1) is 0 Å². The number of hydrogen-bond donors (Lipinski definition) is 1. The van der Waals surface area contributed by atoms with Crippen molar-refractivity contribution in [1.29, 1.82) is 0 Å². The van der Waals surface area contributed by atoms with Crippen LogP contribution in [0.2, 0.25) is 0 Å². The highest BCUT2D eigenvalue weighted by molar-refractivity contribution is 6.06. The van der Waals surface area contributed by atoms with Crippen LogP contribution in [0.3, 0.4) is 0 Å². The SMILES string of the molecule is O=C(Nc1ccc2c(c1)OCO2)c1ccc2c(=O)n3c(nc2c1)CCCCC3. The summed E-state index contributed by atoms with van der Waals surface area (Å²) < 4.78 is 12.4. The van der Waals surface area contributed by atoms with Crippen molar-refractivity contribution in [2.24, 2.45) is 0 Å². The van der Waals surface area contributed by atoms with Gasteiger partial charge in [-0.1, -0.05) is 6.42 Å². The van der Waals surface area contributed by atoms with Crippen molar-refractivity contribution in [3.8, 4) is 11.5 Å². The third-order valence-electron chi connectivity index (χ3n) is 5.21. The second-order valence-electron chi connectivity index (χ2n) is 7.05. The Hall–Kier alpha value is -3.35. The second kappa shape index (κ2) is 6.67. The molecule has 5 rings (SSSR count). The van der Waals surface area contributed by atoms with Crippen LogP contribution in [0.1, 0.15) is 35.4 Å². The first-order valence-corrected chi connectivity index (χ1v) is 9.43. The first-order chi connectivity index (χ1) is 13.7. The van der Waals surface area contributed by atoms with Gasteiger partial charge < -0.3 is 14.8 Å². The number of nitrogens with zero attached hydrogens (tertiary/aromatic N) is 2. The van der Waals surface area contributed by atoms with E-state index in [9.17, 15) is 9.59 Å². The molecule has 7 heteroatoms. The van der Waals surface area contributed by atoms with E-state index < -0.39 is 0 Å². The Labute approximate surface area is 160 Å². The summed E-state index contributed by atoms with van der Waals surface area (Å²) in [6.07, 6.45) is 3.92. The zero-order chi connectivity index (χ0) is 19.1. The lowest BCUT2D eigenvalue weighted by atomic mass is 10.1. The maximum absolute atomic E-state index is 12.8. The molecular formula is C21H19N3O4. The number of carbonyl (C=O) groups is 1. The summed E-state index contributed by atoms with van der Waals surface area (Å²) in [6.45, 7) is 0.895. The van der Waals surface area contributed by atoms with Crippen molar-refractivity contribution in [1.82, 2.24) is 9.55 Å². The number of aryl methyl sites for hydroxylation is 1. The number of aromatic nitrogens is 2. The minimum absolute atomic E-state index is 0.0235. The van der Waals surface area contributed by atoms with Crippen molar-refractivity contribution < 1.29 is 14.3 Å². The van der Waals surface area contributed by atoms with Gasteiger partial charge in [-0.25, -0.2) is 4.98 Å². The van der Waals surface area contributed by atoms with Gasteiger partial charge in [0, 0.05) is 30.3 Å². The summed E-state index contributed by atoms with van der Waals surface area (Å²) in [7, 11) is 0. The van der Waals surface area contributed by atoms with Crippen molar-refractivity contribution in [3.63, 3.8) is 0 Å². The lowest BCUT2D eigenvalue weighted by molar-refractivity contribution is 0.102. The Morgan fingerprint density at radius 1 is 1.04 bits per heavy atom. The predicted molar refractivity (Wildman–Crippen MR) is 104 cm³/mol. The average Bonchev–Trinajstić information content (AvgIpc) is 3.04. The van der Waals surface area contributed by atoms with Gasteiger partial charge in [0.1, 0.15) is 5.82 Å². The number of fused-ring (bicyclic) bond motifs is 3. The molecular weight excluding hydrogens is 358 g/mol. The van der Waals surface area contributed by atoms with Crippen LogP contribution in [0.4, 0.5) is 5.69 Å². The molecule has 1 N–H and O–H groups in total. The zero-order valence-electron chi connectivity index (χ0n) is 15.2. The van der Waals surface area contributed by atoms with Crippen LogP contribution in [0, 0.1) is 0 Å². The number of anilines is 1. The topological polar surface area (TPSA) is 82.5 Å². The molecule has 2 aliphatic rings. The molecule has 0 atom stereocenters. The highest BCUT2D eigenvalue weighted by atomic mass is 16.7. The molecule has 1 aromatic heterocycles. The van der Waals surface area contributed by atoms with E-state index in [4.69, 9.17) is 9.47 Å². The molecule has 0 fully saturated rings. The van der Waals surface area contributed by atoms with Crippen LogP contribution >= 0.6 is 0 Å². The molecule has 0 spiro atoms. The molecule has 2 aliphatic heterocycles. The maximum Gasteiger partial charge on any atom is 0.261 e. The highest BCUT2D eigenvalue weighted by Crippen LogP contribution is 2.34. The van der Waals surface area contributed by atoms with Crippen LogP contribution in [0.5, 0.6) is 11.5 Å². The molecule has 0 bridgehead atoms. The van der Waals surface area contributed by atoms with E-state index in [0.717, 1.165) is 31.5 Å². The fourth-order valence-corrected chi connectivity index (χ4v) is 3.74. The summed E-state index contributed by atoms with van der Waals surface area (Å²) in [5, 5.41) is 3.40. The Morgan fingerprint density at radius 3 is 2.86 bits per heavy atom. The fourth-order valence-electron chi connectivity index (χ4n) is 3.74. The zero-order valence-corrected chi connectivity index (χ0v) is 15.2. The highest BCUT2D eigenvalue weighted by Gasteiger charge is 2.17. The number of carbonyl (C=O) groups excluding carboxylic acids is 1. The molecule has 3 aromatic rings. The molecule has 2 aromatic carbocycles. The molecule has 0 radical (unpaired) electrons. The maximum atomic E-state index is 12.8.